The lowest BCUT2D eigenvalue weighted by molar-refractivity contribution is -0.0440. The van der Waals surface area contributed by atoms with Crippen LogP contribution in [0.25, 0.3) is 0 Å². The quantitative estimate of drug-likeness (QED) is 0.688. The van der Waals surface area contributed by atoms with E-state index in [1.165, 1.54) is 22.5 Å². The number of sulfonamides is 1. The van der Waals surface area contributed by atoms with Crippen molar-refractivity contribution in [1.82, 2.24) is 4.31 Å². The summed E-state index contributed by atoms with van der Waals surface area (Å²) in [6.45, 7) is 7.17. The SMILES string of the molecule is CC1CN(S(=O)(=O)c2cc(C(=O)Nc3ccc(N4CCOCC4)cc3)ccc2Cl)CC(C)O1. The topological polar surface area (TPSA) is 88.2 Å². The van der Waals surface area contributed by atoms with Crippen LogP contribution >= 0.6 is 11.6 Å². The lowest BCUT2D eigenvalue weighted by Crippen LogP contribution is -2.48. The van der Waals surface area contributed by atoms with Crippen LogP contribution in [0.1, 0.15) is 24.2 Å². The molecule has 4 rings (SSSR count). The first kappa shape index (κ1) is 24.0. The van der Waals surface area contributed by atoms with E-state index >= 15 is 0 Å². The van der Waals surface area contributed by atoms with Crippen LogP contribution in [0.15, 0.2) is 47.4 Å². The predicted molar refractivity (Wildman–Crippen MR) is 128 cm³/mol. The zero-order valence-corrected chi connectivity index (χ0v) is 20.2. The van der Waals surface area contributed by atoms with Crippen molar-refractivity contribution in [1.29, 1.82) is 0 Å². The molecule has 33 heavy (non-hydrogen) atoms. The maximum absolute atomic E-state index is 13.3. The highest BCUT2D eigenvalue weighted by atomic mass is 35.5. The maximum atomic E-state index is 13.3. The van der Waals surface area contributed by atoms with Gasteiger partial charge in [-0.25, -0.2) is 8.42 Å². The molecule has 2 saturated heterocycles. The lowest BCUT2D eigenvalue weighted by atomic mass is 10.2. The monoisotopic (exact) mass is 493 g/mol. The number of halogens is 1. The molecule has 0 aromatic heterocycles. The van der Waals surface area contributed by atoms with Gasteiger partial charge in [0.1, 0.15) is 4.90 Å². The number of nitrogens with zero attached hydrogens (tertiary/aromatic N) is 2. The summed E-state index contributed by atoms with van der Waals surface area (Å²) in [7, 11) is -3.88. The van der Waals surface area contributed by atoms with E-state index in [1.807, 2.05) is 38.1 Å². The minimum absolute atomic E-state index is 0.0770. The molecule has 1 N–H and O–H groups in total. The van der Waals surface area contributed by atoms with Gasteiger partial charge in [0, 0.05) is 43.1 Å². The van der Waals surface area contributed by atoms with Gasteiger partial charge in [0.05, 0.1) is 30.4 Å². The van der Waals surface area contributed by atoms with Crippen molar-refractivity contribution in [3.8, 4) is 0 Å². The molecule has 2 aromatic rings. The third-order valence-electron chi connectivity index (χ3n) is 5.70. The average Bonchev–Trinajstić information content (AvgIpc) is 2.79. The van der Waals surface area contributed by atoms with Crippen molar-refractivity contribution in [2.45, 2.75) is 31.0 Å². The number of ether oxygens (including phenoxy) is 2. The fourth-order valence-corrected chi connectivity index (χ4v) is 6.18. The zero-order chi connectivity index (χ0) is 23.6. The molecule has 2 aliphatic heterocycles. The largest absolute Gasteiger partial charge is 0.378 e. The fourth-order valence-electron chi connectivity index (χ4n) is 4.09. The number of carbonyl (C=O) groups is 1. The van der Waals surface area contributed by atoms with Crippen LogP contribution < -0.4 is 10.2 Å². The summed E-state index contributed by atoms with van der Waals surface area (Å²) < 4.78 is 38.9. The van der Waals surface area contributed by atoms with Crippen LogP contribution in [-0.2, 0) is 19.5 Å². The molecule has 0 spiro atoms. The molecule has 2 unspecified atom stereocenters. The number of benzene rings is 2. The van der Waals surface area contributed by atoms with E-state index in [9.17, 15) is 13.2 Å². The molecule has 2 fully saturated rings. The minimum Gasteiger partial charge on any atom is -0.378 e. The molecule has 10 heteroatoms. The molecule has 0 bridgehead atoms. The molecule has 178 valence electrons. The van der Waals surface area contributed by atoms with Crippen molar-refractivity contribution in [2.24, 2.45) is 0 Å². The van der Waals surface area contributed by atoms with Crippen LogP contribution in [0.3, 0.4) is 0 Å². The van der Waals surface area contributed by atoms with Gasteiger partial charge < -0.3 is 19.7 Å². The number of anilines is 2. The molecule has 8 nitrogen and oxygen atoms in total. The Kier molecular flexibility index (Phi) is 7.25. The van der Waals surface area contributed by atoms with Gasteiger partial charge in [0.2, 0.25) is 10.0 Å². The summed E-state index contributed by atoms with van der Waals surface area (Å²) in [5.41, 5.74) is 1.89. The van der Waals surface area contributed by atoms with E-state index in [2.05, 4.69) is 10.2 Å². The minimum atomic E-state index is -3.88. The molecule has 2 aliphatic rings. The second kappa shape index (κ2) is 9.99. The Hall–Kier alpha value is -2.17. The normalized spacial score (nSPS) is 22.2. The van der Waals surface area contributed by atoms with Crippen LogP contribution in [-0.4, -0.2) is 70.2 Å². The van der Waals surface area contributed by atoms with Crippen molar-refractivity contribution in [3.63, 3.8) is 0 Å². The van der Waals surface area contributed by atoms with E-state index in [4.69, 9.17) is 21.1 Å². The summed E-state index contributed by atoms with van der Waals surface area (Å²) in [4.78, 5) is 15.0. The summed E-state index contributed by atoms with van der Waals surface area (Å²) in [5, 5.41) is 2.90. The highest BCUT2D eigenvalue weighted by Gasteiger charge is 2.34. The van der Waals surface area contributed by atoms with Gasteiger partial charge >= 0.3 is 0 Å². The number of nitrogens with one attached hydrogen (secondary N) is 1. The van der Waals surface area contributed by atoms with Crippen LogP contribution in [0.5, 0.6) is 0 Å². The smallest absolute Gasteiger partial charge is 0.255 e. The second-order valence-corrected chi connectivity index (χ2v) is 10.6. The Morgan fingerprint density at radius 1 is 1.03 bits per heavy atom. The van der Waals surface area contributed by atoms with Crippen LogP contribution in [0.4, 0.5) is 11.4 Å². The molecular formula is C23H28ClN3O5S. The van der Waals surface area contributed by atoms with Crippen molar-refractivity contribution >= 4 is 38.9 Å². The molecule has 2 heterocycles. The summed E-state index contributed by atoms with van der Waals surface area (Å²) in [6, 6.07) is 11.8. The van der Waals surface area contributed by atoms with Gasteiger partial charge in [0.25, 0.3) is 5.91 Å². The Labute approximate surface area is 199 Å². The van der Waals surface area contributed by atoms with Gasteiger partial charge in [-0.1, -0.05) is 11.6 Å². The van der Waals surface area contributed by atoms with E-state index in [0.29, 0.717) is 18.9 Å². The molecule has 0 saturated carbocycles. The fraction of sp³-hybridized carbons (Fsp3) is 0.435. The van der Waals surface area contributed by atoms with E-state index < -0.39 is 15.9 Å². The predicted octanol–water partition coefficient (Wildman–Crippen LogP) is 3.23. The summed E-state index contributed by atoms with van der Waals surface area (Å²) in [6.07, 6.45) is -0.455. The summed E-state index contributed by atoms with van der Waals surface area (Å²) in [5.74, 6) is -0.411. The number of amides is 1. The van der Waals surface area contributed by atoms with Gasteiger partial charge in [-0.3, -0.25) is 4.79 Å². The van der Waals surface area contributed by atoms with E-state index in [1.54, 1.807) is 0 Å². The Morgan fingerprint density at radius 2 is 1.67 bits per heavy atom. The Bertz CT molecular complexity index is 1090. The highest BCUT2D eigenvalue weighted by Crippen LogP contribution is 2.28. The molecule has 2 atom stereocenters. The van der Waals surface area contributed by atoms with E-state index in [-0.39, 0.29) is 40.8 Å². The molecule has 0 aliphatic carbocycles. The Balaban J connectivity index is 1.50. The second-order valence-electron chi connectivity index (χ2n) is 8.32. The van der Waals surface area contributed by atoms with Crippen LogP contribution in [0, 0.1) is 0 Å². The van der Waals surface area contributed by atoms with Crippen molar-refractivity contribution in [3.05, 3.63) is 53.1 Å². The third kappa shape index (κ3) is 5.50. The zero-order valence-electron chi connectivity index (χ0n) is 18.7. The number of hydrogen-bond acceptors (Lipinski definition) is 6. The highest BCUT2D eigenvalue weighted by molar-refractivity contribution is 7.89. The number of hydrogen-bond donors (Lipinski definition) is 1. The number of carbonyl (C=O) groups excluding carboxylic acids is 1. The van der Waals surface area contributed by atoms with Gasteiger partial charge in [0.15, 0.2) is 0 Å². The Morgan fingerprint density at radius 3 is 2.30 bits per heavy atom. The van der Waals surface area contributed by atoms with Gasteiger partial charge in [-0.05, 0) is 56.3 Å². The van der Waals surface area contributed by atoms with Gasteiger partial charge in [-0.2, -0.15) is 4.31 Å². The first-order chi connectivity index (χ1) is 15.7. The van der Waals surface area contributed by atoms with E-state index in [0.717, 1.165) is 18.8 Å². The molecular weight excluding hydrogens is 466 g/mol. The standard InChI is InChI=1S/C23H28ClN3O5S/c1-16-14-27(15-17(2)32-16)33(29,30)22-13-18(3-8-21(22)24)23(28)25-19-4-6-20(7-5-19)26-9-11-31-12-10-26/h3-8,13,16-17H,9-12,14-15H2,1-2H3,(H,25,28). The molecule has 1 amide bonds. The number of rotatable bonds is 5. The molecule has 2 aromatic carbocycles. The summed E-state index contributed by atoms with van der Waals surface area (Å²) >= 11 is 6.25. The number of morpholine rings is 2. The first-order valence-corrected chi connectivity index (χ1v) is 12.7. The average molecular weight is 494 g/mol. The first-order valence-electron chi connectivity index (χ1n) is 10.9. The van der Waals surface area contributed by atoms with Gasteiger partial charge in [-0.15, -0.1) is 0 Å². The van der Waals surface area contributed by atoms with Crippen LogP contribution in [0.2, 0.25) is 5.02 Å². The maximum Gasteiger partial charge on any atom is 0.255 e. The van der Waals surface area contributed by atoms with Crippen molar-refractivity contribution < 1.29 is 22.7 Å². The van der Waals surface area contributed by atoms with Crippen molar-refractivity contribution in [2.75, 3.05) is 49.6 Å². The third-order valence-corrected chi connectivity index (χ3v) is 8.01. The lowest BCUT2D eigenvalue weighted by Gasteiger charge is -2.34. The molecule has 0 radical (unpaired) electrons.